The molecule has 14 heteroatoms. The van der Waals surface area contributed by atoms with Gasteiger partial charge in [-0.05, 0) is 30.7 Å². The summed E-state index contributed by atoms with van der Waals surface area (Å²) in [6, 6.07) is 5.30. The fraction of sp³-hybridized carbons (Fsp3) is 0.429. The zero-order valence-electron chi connectivity index (χ0n) is 18.2. The molecule has 35 heavy (non-hydrogen) atoms. The van der Waals surface area contributed by atoms with Gasteiger partial charge < -0.3 is 10.2 Å². The molecule has 1 aliphatic carbocycles. The molecule has 1 aliphatic heterocycles. The number of amides is 1. The molecule has 4 rings (SSSR count). The Balaban J connectivity index is 1.75. The number of nitrogens with one attached hydrogen (secondary N) is 2. The minimum absolute atomic E-state index is 0.0108. The molecular formula is C21H19F7N4O2S. The van der Waals surface area contributed by atoms with E-state index in [0.29, 0.717) is 6.20 Å². The highest BCUT2D eigenvalue weighted by atomic mass is 32.2. The third-order valence-corrected chi connectivity index (χ3v) is 7.54. The number of anilines is 2. The third kappa shape index (κ3) is 4.00. The first-order valence-electron chi connectivity index (χ1n) is 10.2. The number of aromatic nitrogens is 1. The van der Waals surface area contributed by atoms with E-state index in [9.17, 15) is 39.7 Å². The Morgan fingerprint density at radius 1 is 1.17 bits per heavy atom. The number of halogens is 7. The Hall–Kier alpha value is -2.90. The van der Waals surface area contributed by atoms with Crippen molar-refractivity contribution >= 4 is 27.1 Å². The van der Waals surface area contributed by atoms with Crippen molar-refractivity contribution in [2.24, 2.45) is 11.8 Å². The van der Waals surface area contributed by atoms with E-state index in [4.69, 9.17) is 4.78 Å². The van der Waals surface area contributed by atoms with Gasteiger partial charge in [0.25, 0.3) is 5.91 Å². The number of benzene rings is 1. The van der Waals surface area contributed by atoms with Crippen molar-refractivity contribution in [1.82, 2.24) is 4.98 Å². The maximum absolute atomic E-state index is 13.9. The monoisotopic (exact) mass is 524 g/mol. The minimum atomic E-state index is -4.90. The molecule has 1 aromatic heterocycles. The number of carbonyl (C=O) groups is 1. The van der Waals surface area contributed by atoms with Crippen molar-refractivity contribution < 1.29 is 39.7 Å². The third-order valence-electron chi connectivity index (χ3n) is 6.39. The fourth-order valence-electron chi connectivity index (χ4n) is 4.51. The molecule has 0 radical (unpaired) electrons. The van der Waals surface area contributed by atoms with Crippen LogP contribution >= 0.6 is 0 Å². The van der Waals surface area contributed by atoms with Crippen molar-refractivity contribution in [2.45, 2.75) is 29.8 Å². The molecule has 3 atom stereocenters. The number of rotatable bonds is 4. The van der Waals surface area contributed by atoms with E-state index < -0.39 is 81.1 Å². The second kappa shape index (κ2) is 7.80. The van der Waals surface area contributed by atoms with Gasteiger partial charge in [-0.3, -0.25) is 4.79 Å². The van der Waals surface area contributed by atoms with Gasteiger partial charge in [0.05, 0.1) is 32.7 Å². The highest BCUT2D eigenvalue weighted by molar-refractivity contribution is 7.91. The zero-order valence-corrected chi connectivity index (χ0v) is 19.0. The molecule has 0 spiro atoms. The average molecular weight is 524 g/mol. The maximum Gasteiger partial charge on any atom is 0.418 e. The second-order valence-corrected chi connectivity index (χ2v) is 10.8. The first-order valence-corrected chi connectivity index (χ1v) is 12.2. The first-order chi connectivity index (χ1) is 16.0. The van der Waals surface area contributed by atoms with Crippen molar-refractivity contribution in [2.75, 3.05) is 29.6 Å². The highest BCUT2D eigenvalue weighted by Crippen LogP contribution is 2.62. The van der Waals surface area contributed by atoms with Crippen molar-refractivity contribution in [1.29, 1.82) is 4.78 Å². The smallest absolute Gasteiger partial charge is 0.355 e. The normalized spacial score (nSPS) is 24.3. The number of hydrogen-bond donors (Lipinski definition) is 2. The van der Waals surface area contributed by atoms with E-state index in [-0.39, 0.29) is 10.6 Å². The summed E-state index contributed by atoms with van der Waals surface area (Å²) in [5.41, 5.74) is -2.41. The lowest BCUT2D eigenvalue weighted by molar-refractivity contribution is -0.339. The van der Waals surface area contributed by atoms with Gasteiger partial charge in [-0.15, -0.1) is 0 Å². The summed E-state index contributed by atoms with van der Waals surface area (Å²) in [5.74, 6) is -13.5. The Kier molecular flexibility index (Phi) is 5.62. The van der Waals surface area contributed by atoms with Gasteiger partial charge in [0.1, 0.15) is 5.82 Å². The fourth-order valence-corrected chi connectivity index (χ4v) is 5.20. The van der Waals surface area contributed by atoms with Gasteiger partial charge in [0, 0.05) is 36.1 Å². The van der Waals surface area contributed by atoms with Crippen LogP contribution in [0.3, 0.4) is 0 Å². The summed E-state index contributed by atoms with van der Waals surface area (Å²) in [5, 5.41) is 2.35. The number of nitrogens with zero attached hydrogens (tertiary/aromatic N) is 2. The molecule has 1 saturated heterocycles. The number of hydrogen-bond acceptors (Lipinski definition) is 5. The predicted molar refractivity (Wildman–Crippen MR) is 113 cm³/mol. The van der Waals surface area contributed by atoms with Crippen LogP contribution < -0.4 is 10.2 Å². The van der Waals surface area contributed by atoms with Crippen molar-refractivity contribution in [3.63, 3.8) is 0 Å². The Morgan fingerprint density at radius 3 is 2.26 bits per heavy atom. The molecule has 0 bridgehead atoms. The quantitative estimate of drug-likeness (QED) is 0.550. The molecule has 1 unspecified atom stereocenters. The van der Waals surface area contributed by atoms with E-state index >= 15 is 0 Å². The van der Waals surface area contributed by atoms with Gasteiger partial charge in [0.15, 0.2) is 0 Å². The van der Waals surface area contributed by atoms with Crippen LogP contribution in [0.2, 0.25) is 0 Å². The van der Waals surface area contributed by atoms with Crippen LogP contribution in [0.1, 0.15) is 21.5 Å². The molecule has 2 heterocycles. The van der Waals surface area contributed by atoms with Crippen LogP contribution in [-0.4, -0.2) is 46.3 Å². The van der Waals surface area contributed by atoms with E-state index in [0.717, 1.165) is 18.1 Å². The summed E-state index contributed by atoms with van der Waals surface area (Å²) < 4.78 is 116. The zero-order chi connectivity index (χ0) is 26.1. The van der Waals surface area contributed by atoms with Crippen molar-refractivity contribution in [3.8, 4) is 0 Å². The summed E-state index contributed by atoms with van der Waals surface area (Å²) in [6.07, 6.45) is -3.32. The highest BCUT2D eigenvalue weighted by Gasteiger charge is 2.80. The largest absolute Gasteiger partial charge is 0.418 e. The maximum atomic E-state index is 13.9. The van der Waals surface area contributed by atoms with Crippen LogP contribution in [-0.2, 0) is 15.9 Å². The van der Waals surface area contributed by atoms with Crippen LogP contribution in [0.25, 0.3) is 0 Å². The number of fused-ring (bicyclic) bond motifs is 1. The van der Waals surface area contributed by atoms with Gasteiger partial charge in [-0.1, -0.05) is 6.07 Å². The lowest BCUT2D eigenvalue weighted by atomic mass is 9.68. The molecule has 2 N–H and O–H groups in total. The van der Waals surface area contributed by atoms with E-state index in [2.05, 4.69) is 10.3 Å². The van der Waals surface area contributed by atoms with Gasteiger partial charge in [-0.25, -0.2) is 14.0 Å². The summed E-state index contributed by atoms with van der Waals surface area (Å²) in [4.78, 5) is 17.8. The topological polar surface area (TPSA) is 86.2 Å². The van der Waals surface area contributed by atoms with Crippen LogP contribution in [0.15, 0.2) is 35.4 Å². The Bertz CT molecular complexity index is 1290. The number of pyridine rings is 1. The van der Waals surface area contributed by atoms with Crippen LogP contribution in [0, 0.1) is 23.5 Å². The lowest BCUT2D eigenvalue weighted by Crippen LogP contribution is -2.65. The number of alkyl halides is 7. The number of carbonyl (C=O) groups excluding carboxylic acids is 1. The van der Waals surface area contributed by atoms with Crippen LogP contribution in [0.5, 0.6) is 0 Å². The van der Waals surface area contributed by atoms with Crippen molar-refractivity contribution in [3.05, 3.63) is 47.2 Å². The Labute approximate surface area is 195 Å². The molecule has 2 aromatic rings. The minimum Gasteiger partial charge on any atom is -0.355 e. The van der Waals surface area contributed by atoms with E-state index in [1.54, 1.807) is 0 Å². The van der Waals surface area contributed by atoms with Gasteiger partial charge >= 0.3 is 18.0 Å². The molecule has 6 nitrogen and oxygen atoms in total. The van der Waals surface area contributed by atoms with Crippen LogP contribution in [0.4, 0.5) is 42.2 Å². The standard InChI is InChI=1S/C21H19F7N4O2S/c1-10-13(21(26,27)28)7-30-17(32-8-14-15(9-32)20(24,25)19(14,22)23)16(10)18(33)31-11-4-3-5-12(6-11)35(2,29)34/h3-7,14-15,29H,8-9H2,1-2H3,(H,31,33)/t14-,15+,35?. The molecular weight excluding hydrogens is 505 g/mol. The summed E-state index contributed by atoms with van der Waals surface area (Å²) >= 11 is 0. The van der Waals surface area contributed by atoms with Gasteiger partial charge in [0.2, 0.25) is 0 Å². The summed E-state index contributed by atoms with van der Waals surface area (Å²) in [6.45, 7) is -0.231. The molecule has 190 valence electrons. The second-order valence-electron chi connectivity index (χ2n) is 8.68. The van der Waals surface area contributed by atoms with E-state index in [1.165, 1.54) is 24.3 Å². The molecule has 1 aromatic carbocycles. The average Bonchev–Trinajstić information content (AvgIpc) is 3.17. The van der Waals surface area contributed by atoms with Gasteiger partial charge in [-0.2, -0.15) is 30.7 Å². The first kappa shape index (κ1) is 25.2. The lowest BCUT2D eigenvalue weighted by Gasteiger charge is -2.46. The molecule has 2 aliphatic rings. The summed E-state index contributed by atoms with van der Waals surface area (Å²) in [7, 11) is -3.17. The van der Waals surface area contributed by atoms with E-state index in [1.807, 2.05) is 0 Å². The SMILES string of the molecule is Cc1c(C(F)(F)F)cnc(N2C[C@@H]3[C@H](C2)C(F)(F)C3(F)F)c1C(=O)Nc1cccc(S(C)(=N)=O)c1. The predicted octanol–water partition coefficient (Wildman–Crippen LogP) is 5.03. The molecule has 1 amide bonds. The Morgan fingerprint density at radius 2 is 1.74 bits per heavy atom. The molecule has 2 fully saturated rings. The molecule has 1 saturated carbocycles.